The van der Waals surface area contributed by atoms with Crippen molar-refractivity contribution in [3.63, 3.8) is 0 Å². The van der Waals surface area contributed by atoms with Crippen LogP contribution in [-0.4, -0.2) is 33.5 Å². The van der Waals surface area contributed by atoms with Gasteiger partial charge in [-0.2, -0.15) is 0 Å². The van der Waals surface area contributed by atoms with E-state index in [0.717, 1.165) is 5.56 Å². The number of hydrogen-bond acceptors (Lipinski definition) is 4. The molecule has 112 valence electrons. The molecular weight excluding hydrogens is 292 g/mol. The van der Waals surface area contributed by atoms with Gasteiger partial charge in [-0.15, -0.1) is 0 Å². The number of rotatable bonds is 5. The van der Waals surface area contributed by atoms with Crippen LogP contribution in [0, 0.1) is 0 Å². The van der Waals surface area contributed by atoms with Gasteiger partial charge in [-0.05, 0) is 45.2 Å². The van der Waals surface area contributed by atoms with Crippen LogP contribution in [0.25, 0.3) is 11.3 Å². The van der Waals surface area contributed by atoms with E-state index in [9.17, 15) is 9.90 Å². The van der Waals surface area contributed by atoms with Crippen LogP contribution in [0.5, 0.6) is 0 Å². The highest BCUT2D eigenvalue weighted by Crippen LogP contribution is 2.23. The Balaban J connectivity index is 2.14. The van der Waals surface area contributed by atoms with Crippen LogP contribution in [-0.2, 0) is 11.3 Å². The SMILES string of the molecule is CN(Cc1ncc(-c2ccc(Cl)cc2)o1)C(C)(C)C(=O)O. The van der Waals surface area contributed by atoms with Gasteiger partial charge in [0.25, 0.3) is 0 Å². The molecule has 0 unspecified atom stereocenters. The van der Waals surface area contributed by atoms with Crippen molar-refractivity contribution in [2.24, 2.45) is 0 Å². The lowest BCUT2D eigenvalue weighted by molar-refractivity contribution is -0.149. The van der Waals surface area contributed by atoms with E-state index in [2.05, 4.69) is 4.98 Å². The van der Waals surface area contributed by atoms with E-state index in [0.29, 0.717) is 23.2 Å². The summed E-state index contributed by atoms with van der Waals surface area (Å²) in [5.41, 5.74) is -0.118. The van der Waals surface area contributed by atoms with Gasteiger partial charge >= 0.3 is 5.97 Å². The minimum absolute atomic E-state index is 0.312. The summed E-state index contributed by atoms with van der Waals surface area (Å²) in [5, 5.41) is 9.85. The molecular formula is C15H17ClN2O3. The number of carboxylic acids is 1. The van der Waals surface area contributed by atoms with Crippen molar-refractivity contribution in [3.8, 4) is 11.3 Å². The lowest BCUT2D eigenvalue weighted by atomic mass is 10.0. The number of oxazole rings is 1. The smallest absolute Gasteiger partial charge is 0.323 e. The molecule has 0 fully saturated rings. The van der Waals surface area contributed by atoms with E-state index in [1.807, 2.05) is 12.1 Å². The fourth-order valence-corrected chi connectivity index (χ4v) is 1.82. The van der Waals surface area contributed by atoms with E-state index in [1.54, 1.807) is 44.1 Å². The number of benzene rings is 1. The fraction of sp³-hybridized carbons (Fsp3) is 0.333. The predicted molar refractivity (Wildman–Crippen MR) is 80.1 cm³/mol. The molecule has 0 aliphatic heterocycles. The van der Waals surface area contributed by atoms with Crippen LogP contribution >= 0.6 is 11.6 Å². The molecule has 0 saturated carbocycles. The average Bonchev–Trinajstić information content (AvgIpc) is 2.87. The van der Waals surface area contributed by atoms with Gasteiger partial charge in [-0.1, -0.05) is 11.6 Å². The number of likely N-dealkylation sites (N-methyl/N-ethyl adjacent to an activating group) is 1. The number of carboxylic acid groups (broad SMARTS) is 1. The molecule has 2 rings (SSSR count). The van der Waals surface area contributed by atoms with E-state index >= 15 is 0 Å². The number of hydrogen-bond donors (Lipinski definition) is 1. The van der Waals surface area contributed by atoms with Crippen molar-refractivity contribution < 1.29 is 14.3 Å². The maximum absolute atomic E-state index is 11.2. The summed E-state index contributed by atoms with van der Waals surface area (Å²) in [6.45, 7) is 3.59. The number of halogens is 1. The second-order valence-corrected chi connectivity index (χ2v) is 5.78. The third-order valence-electron chi connectivity index (χ3n) is 3.53. The molecule has 21 heavy (non-hydrogen) atoms. The van der Waals surface area contributed by atoms with Crippen LogP contribution in [0.1, 0.15) is 19.7 Å². The van der Waals surface area contributed by atoms with Gasteiger partial charge in [0.15, 0.2) is 5.76 Å². The van der Waals surface area contributed by atoms with Crippen molar-refractivity contribution in [3.05, 3.63) is 41.4 Å². The Hall–Kier alpha value is -1.85. The van der Waals surface area contributed by atoms with Crippen molar-refractivity contribution >= 4 is 17.6 Å². The molecule has 6 heteroatoms. The van der Waals surface area contributed by atoms with Crippen LogP contribution in [0.2, 0.25) is 5.02 Å². The zero-order valence-electron chi connectivity index (χ0n) is 12.1. The zero-order valence-corrected chi connectivity index (χ0v) is 12.9. The Labute approximate surface area is 128 Å². The molecule has 0 bridgehead atoms. The Bertz CT molecular complexity index is 635. The lowest BCUT2D eigenvalue weighted by Crippen LogP contribution is -2.47. The first-order valence-electron chi connectivity index (χ1n) is 6.46. The average molecular weight is 309 g/mol. The maximum Gasteiger partial charge on any atom is 0.323 e. The molecule has 0 aliphatic carbocycles. The lowest BCUT2D eigenvalue weighted by Gasteiger charge is -2.30. The maximum atomic E-state index is 11.2. The number of aromatic nitrogens is 1. The Morgan fingerprint density at radius 2 is 2.00 bits per heavy atom. The molecule has 0 spiro atoms. The molecule has 0 atom stereocenters. The summed E-state index contributed by atoms with van der Waals surface area (Å²) >= 11 is 5.84. The first kappa shape index (κ1) is 15.5. The largest absolute Gasteiger partial charge is 0.480 e. The molecule has 0 radical (unpaired) electrons. The zero-order chi connectivity index (χ0) is 15.6. The van der Waals surface area contributed by atoms with Gasteiger partial charge in [0, 0.05) is 10.6 Å². The highest BCUT2D eigenvalue weighted by Gasteiger charge is 2.32. The van der Waals surface area contributed by atoms with Crippen LogP contribution in [0.3, 0.4) is 0 Å². The van der Waals surface area contributed by atoms with E-state index < -0.39 is 11.5 Å². The summed E-state index contributed by atoms with van der Waals surface area (Å²) in [4.78, 5) is 17.1. The first-order chi connectivity index (χ1) is 9.80. The number of carbonyl (C=O) groups is 1. The third kappa shape index (κ3) is 3.43. The predicted octanol–water partition coefficient (Wildman–Crippen LogP) is 3.29. The molecule has 1 aromatic heterocycles. The second kappa shape index (κ2) is 5.87. The standard InChI is InChI=1S/C15H17ClN2O3/c1-15(2,14(19)20)18(3)9-13-17-8-12(21-13)10-4-6-11(16)7-5-10/h4-8H,9H2,1-3H3,(H,19,20). The van der Waals surface area contributed by atoms with Crippen molar-refractivity contribution in [2.75, 3.05) is 7.05 Å². The Kier molecular flexibility index (Phi) is 4.34. The van der Waals surface area contributed by atoms with Crippen LogP contribution < -0.4 is 0 Å². The highest BCUT2D eigenvalue weighted by molar-refractivity contribution is 6.30. The van der Waals surface area contributed by atoms with Crippen molar-refractivity contribution in [1.29, 1.82) is 0 Å². The van der Waals surface area contributed by atoms with Gasteiger partial charge in [-0.25, -0.2) is 4.98 Å². The van der Waals surface area contributed by atoms with Gasteiger partial charge in [0.1, 0.15) is 5.54 Å². The fourth-order valence-electron chi connectivity index (χ4n) is 1.69. The van der Waals surface area contributed by atoms with E-state index in [-0.39, 0.29) is 0 Å². The summed E-state index contributed by atoms with van der Waals surface area (Å²) in [6.07, 6.45) is 1.63. The minimum atomic E-state index is -0.991. The van der Waals surface area contributed by atoms with Gasteiger partial charge in [-0.3, -0.25) is 9.69 Å². The molecule has 1 aromatic carbocycles. The van der Waals surface area contributed by atoms with Crippen molar-refractivity contribution in [1.82, 2.24) is 9.88 Å². The summed E-state index contributed by atoms with van der Waals surface area (Å²) < 4.78 is 5.67. The minimum Gasteiger partial charge on any atom is -0.480 e. The Morgan fingerprint density at radius 3 is 2.57 bits per heavy atom. The monoisotopic (exact) mass is 308 g/mol. The topological polar surface area (TPSA) is 66.6 Å². The molecule has 0 saturated heterocycles. The molecule has 0 aliphatic rings. The molecule has 0 amide bonds. The molecule has 1 N–H and O–H groups in total. The third-order valence-corrected chi connectivity index (χ3v) is 3.78. The summed E-state index contributed by atoms with van der Waals surface area (Å²) in [7, 11) is 1.72. The molecule has 5 nitrogen and oxygen atoms in total. The summed E-state index contributed by atoms with van der Waals surface area (Å²) in [6, 6.07) is 7.24. The second-order valence-electron chi connectivity index (χ2n) is 5.35. The van der Waals surface area contributed by atoms with Crippen LogP contribution in [0.15, 0.2) is 34.9 Å². The van der Waals surface area contributed by atoms with Crippen LogP contribution in [0.4, 0.5) is 0 Å². The molecule has 1 heterocycles. The first-order valence-corrected chi connectivity index (χ1v) is 6.84. The number of nitrogens with zero attached hydrogens (tertiary/aromatic N) is 2. The van der Waals surface area contributed by atoms with E-state index in [1.165, 1.54) is 0 Å². The summed E-state index contributed by atoms with van der Waals surface area (Å²) in [5.74, 6) is 0.203. The van der Waals surface area contributed by atoms with Gasteiger partial charge in [0.2, 0.25) is 5.89 Å². The molecule has 2 aromatic rings. The number of aliphatic carboxylic acids is 1. The normalized spacial score (nSPS) is 11.9. The highest BCUT2D eigenvalue weighted by atomic mass is 35.5. The quantitative estimate of drug-likeness (QED) is 0.918. The van der Waals surface area contributed by atoms with E-state index in [4.69, 9.17) is 16.0 Å². The Morgan fingerprint density at radius 1 is 1.38 bits per heavy atom. The van der Waals surface area contributed by atoms with Gasteiger partial charge < -0.3 is 9.52 Å². The van der Waals surface area contributed by atoms with Crippen molar-refractivity contribution in [2.45, 2.75) is 25.9 Å². The van der Waals surface area contributed by atoms with Gasteiger partial charge in [0.05, 0.1) is 12.7 Å².